The largest absolute Gasteiger partial charge is 0.314 e. The van der Waals surface area contributed by atoms with Crippen LogP contribution in [0.1, 0.15) is 6.42 Å². The Morgan fingerprint density at radius 1 is 1.30 bits per heavy atom. The summed E-state index contributed by atoms with van der Waals surface area (Å²) in [7, 11) is 0. The number of halogens is 5. The highest BCUT2D eigenvalue weighted by molar-refractivity contribution is 6.18. The Hall–Kier alpha value is 0.01000. The normalized spacial score (nSPS) is 35.1. The van der Waals surface area contributed by atoms with Crippen LogP contribution in [0, 0.1) is 5.92 Å². The van der Waals surface area contributed by atoms with Crippen LogP contribution in [0.4, 0.5) is 17.6 Å². The van der Waals surface area contributed by atoms with E-state index >= 15 is 0 Å². The highest BCUT2D eigenvalue weighted by Crippen LogP contribution is 2.55. The molecule has 1 aliphatic carbocycles. The fraction of sp³-hybridized carbons (Fsp3) is 1.00. The van der Waals surface area contributed by atoms with Gasteiger partial charge in [-0.15, -0.1) is 11.6 Å². The quantitative estimate of drug-likeness (QED) is 0.425. The second kappa shape index (κ2) is 2.00. The van der Waals surface area contributed by atoms with Crippen LogP contribution in [0.25, 0.3) is 0 Å². The average Bonchev–Trinajstić information content (AvgIpc) is 1.83. The highest BCUT2D eigenvalue weighted by atomic mass is 35.5. The summed E-state index contributed by atoms with van der Waals surface area (Å²) in [5.74, 6) is -9.45. The van der Waals surface area contributed by atoms with Crippen molar-refractivity contribution in [2.24, 2.45) is 5.92 Å². The van der Waals surface area contributed by atoms with Gasteiger partial charge < -0.3 is 0 Å². The van der Waals surface area contributed by atoms with Crippen LogP contribution >= 0.6 is 11.6 Å². The van der Waals surface area contributed by atoms with E-state index in [-0.39, 0.29) is 0 Å². The summed E-state index contributed by atoms with van der Waals surface area (Å²) in [6, 6.07) is 0. The van der Waals surface area contributed by atoms with Gasteiger partial charge in [-0.1, -0.05) is 0 Å². The van der Waals surface area contributed by atoms with Crippen LogP contribution in [0.2, 0.25) is 0 Å². The molecule has 0 aromatic heterocycles. The zero-order valence-corrected chi connectivity index (χ0v) is 5.64. The first kappa shape index (κ1) is 8.11. The lowest BCUT2D eigenvalue weighted by molar-refractivity contribution is -0.308. The number of alkyl halides is 5. The third kappa shape index (κ3) is 0.813. The van der Waals surface area contributed by atoms with Gasteiger partial charge in [-0.2, -0.15) is 17.6 Å². The Balaban J connectivity index is 2.65. The molecule has 1 rings (SSSR count). The van der Waals surface area contributed by atoms with E-state index in [1.807, 2.05) is 0 Å². The van der Waals surface area contributed by atoms with Crippen LogP contribution in [0.15, 0.2) is 0 Å². The second-order valence-electron chi connectivity index (χ2n) is 2.38. The van der Waals surface area contributed by atoms with Crippen molar-refractivity contribution >= 4 is 11.6 Å². The Labute approximate surface area is 60.2 Å². The van der Waals surface area contributed by atoms with Crippen molar-refractivity contribution in [3.05, 3.63) is 0 Å². The van der Waals surface area contributed by atoms with Gasteiger partial charge >= 0.3 is 11.8 Å². The molecule has 1 aliphatic rings. The lowest BCUT2D eigenvalue weighted by atomic mass is 9.78. The minimum atomic E-state index is -3.88. The van der Waals surface area contributed by atoms with E-state index in [1.165, 1.54) is 0 Å². The molecular formula is C5H5ClF4. The molecule has 0 saturated heterocycles. The van der Waals surface area contributed by atoms with E-state index in [2.05, 4.69) is 0 Å². The summed E-state index contributed by atoms with van der Waals surface area (Å²) in [4.78, 5) is 0. The molecule has 0 amide bonds. The van der Waals surface area contributed by atoms with Gasteiger partial charge in [0.2, 0.25) is 0 Å². The maximum Gasteiger partial charge on any atom is 0.314 e. The van der Waals surface area contributed by atoms with Crippen molar-refractivity contribution in [3.8, 4) is 0 Å². The van der Waals surface area contributed by atoms with Gasteiger partial charge in [0.1, 0.15) is 0 Å². The fourth-order valence-corrected chi connectivity index (χ4v) is 1.20. The lowest BCUT2D eigenvalue weighted by Gasteiger charge is -2.42. The zero-order valence-electron chi connectivity index (χ0n) is 4.88. The zero-order chi connectivity index (χ0) is 7.99. The number of rotatable bonds is 1. The third-order valence-electron chi connectivity index (χ3n) is 1.69. The maximum atomic E-state index is 12.1. The van der Waals surface area contributed by atoms with Crippen molar-refractivity contribution in [3.63, 3.8) is 0 Å². The van der Waals surface area contributed by atoms with Gasteiger partial charge in [-0.25, -0.2) is 0 Å². The average molecular weight is 177 g/mol. The molecule has 1 fully saturated rings. The Morgan fingerprint density at radius 3 is 1.90 bits per heavy atom. The molecule has 1 saturated carbocycles. The number of hydrogen-bond donors (Lipinski definition) is 0. The first-order chi connectivity index (χ1) is 4.42. The van der Waals surface area contributed by atoms with Gasteiger partial charge in [0.05, 0.1) is 0 Å². The predicted octanol–water partition coefficient (Wildman–Crippen LogP) is 2.52. The van der Waals surface area contributed by atoms with Crippen molar-refractivity contribution in [2.75, 3.05) is 5.88 Å². The summed E-state index contributed by atoms with van der Waals surface area (Å²) < 4.78 is 48.2. The van der Waals surface area contributed by atoms with Crippen molar-refractivity contribution in [1.29, 1.82) is 0 Å². The van der Waals surface area contributed by atoms with Gasteiger partial charge in [-0.05, 0) is 0 Å². The monoisotopic (exact) mass is 176 g/mol. The van der Waals surface area contributed by atoms with E-state index in [0.717, 1.165) is 0 Å². The van der Waals surface area contributed by atoms with Gasteiger partial charge in [0, 0.05) is 18.2 Å². The molecule has 0 radical (unpaired) electrons. The van der Waals surface area contributed by atoms with Crippen molar-refractivity contribution in [1.82, 2.24) is 0 Å². The summed E-state index contributed by atoms with van der Waals surface area (Å²) in [6.07, 6.45) is -0.788. The van der Waals surface area contributed by atoms with E-state index < -0.39 is 30.1 Å². The molecule has 0 aromatic rings. The maximum absolute atomic E-state index is 12.1. The fourth-order valence-electron chi connectivity index (χ4n) is 0.893. The molecule has 60 valence electrons. The van der Waals surface area contributed by atoms with E-state index in [4.69, 9.17) is 11.6 Å². The standard InChI is InChI=1S/C5H5ClF4/c6-2-3-1-4(7,8)5(3,9)10/h3H,1-2H2/t3-/m0/s1. The topological polar surface area (TPSA) is 0 Å². The van der Waals surface area contributed by atoms with Gasteiger partial charge in [0.15, 0.2) is 0 Å². The molecule has 0 aromatic carbocycles. The molecule has 10 heavy (non-hydrogen) atoms. The summed E-state index contributed by atoms with van der Waals surface area (Å²) in [6.45, 7) is 0. The Kier molecular flexibility index (Phi) is 1.62. The SMILES string of the molecule is FC1(F)C[C@@H](CCl)C1(F)F. The molecule has 0 nitrogen and oxygen atoms in total. The second-order valence-corrected chi connectivity index (χ2v) is 2.69. The molecule has 0 unspecified atom stereocenters. The van der Waals surface area contributed by atoms with Crippen LogP contribution < -0.4 is 0 Å². The van der Waals surface area contributed by atoms with Gasteiger partial charge in [-0.3, -0.25) is 0 Å². The van der Waals surface area contributed by atoms with E-state index in [9.17, 15) is 17.6 Å². The first-order valence-corrected chi connectivity index (χ1v) is 3.27. The van der Waals surface area contributed by atoms with Crippen LogP contribution in [-0.4, -0.2) is 17.7 Å². The first-order valence-electron chi connectivity index (χ1n) is 2.73. The molecule has 0 bridgehead atoms. The molecule has 0 spiro atoms. The van der Waals surface area contributed by atoms with Crippen molar-refractivity contribution < 1.29 is 17.6 Å². The molecule has 0 heterocycles. The van der Waals surface area contributed by atoms with E-state index in [0.29, 0.717) is 0 Å². The van der Waals surface area contributed by atoms with Crippen LogP contribution in [-0.2, 0) is 0 Å². The summed E-state index contributed by atoms with van der Waals surface area (Å²) >= 11 is 5.00. The third-order valence-corrected chi connectivity index (χ3v) is 2.06. The smallest absolute Gasteiger partial charge is 0.200 e. The minimum Gasteiger partial charge on any atom is -0.200 e. The Morgan fingerprint density at radius 2 is 1.80 bits per heavy atom. The van der Waals surface area contributed by atoms with Crippen LogP contribution in [0.3, 0.4) is 0 Å². The molecular weight excluding hydrogens is 171 g/mol. The lowest BCUT2D eigenvalue weighted by Crippen LogP contribution is -2.59. The summed E-state index contributed by atoms with van der Waals surface area (Å²) in [5, 5.41) is 0. The van der Waals surface area contributed by atoms with E-state index in [1.54, 1.807) is 0 Å². The molecule has 0 N–H and O–H groups in total. The molecule has 5 heteroatoms. The molecule has 1 atom stereocenters. The predicted molar refractivity (Wildman–Crippen MR) is 28.7 cm³/mol. The van der Waals surface area contributed by atoms with Gasteiger partial charge in [0.25, 0.3) is 0 Å². The van der Waals surface area contributed by atoms with Crippen LogP contribution in [0.5, 0.6) is 0 Å². The Bertz CT molecular complexity index is 145. The summed E-state index contributed by atoms with van der Waals surface area (Å²) in [5.41, 5.74) is 0. The molecule has 0 aliphatic heterocycles. The number of hydrogen-bond acceptors (Lipinski definition) is 0. The highest BCUT2D eigenvalue weighted by Gasteiger charge is 2.70. The van der Waals surface area contributed by atoms with Crippen molar-refractivity contribution in [2.45, 2.75) is 18.3 Å². The minimum absolute atomic E-state index is 0.400.